The summed E-state index contributed by atoms with van der Waals surface area (Å²) in [6.07, 6.45) is 4.85. The quantitative estimate of drug-likeness (QED) is 0.751. The van der Waals surface area contributed by atoms with Crippen LogP contribution < -0.4 is 0 Å². The Bertz CT molecular complexity index is 410. The minimum Gasteiger partial charge on any atom is -0.377 e. The van der Waals surface area contributed by atoms with Crippen LogP contribution in [0.1, 0.15) is 40.7 Å². The van der Waals surface area contributed by atoms with Gasteiger partial charge in [0.1, 0.15) is 0 Å². The second kappa shape index (κ2) is 7.17. The molecule has 2 heterocycles. The number of aryl methyl sites for hydroxylation is 1. The molecule has 1 aromatic rings. The van der Waals surface area contributed by atoms with Crippen molar-refractivity contribution in [3.63, 3.8) is 0 Å². The fourth-order valence-electron chi connectivity index (χ4n) is 2.40. The Balaban J connectivity index is 1.80. The molecule has 106 valence electrons. The summed E-state index contributed by atoms with van der Waals surface area (Å²) in [5.41, 5.74) is 0. The maximum absolute atomic E-state index is 12.2. The standard InChI is InChI=1S/C15H23NO2S/c1-3-13-7-8-15(19-13)14(17)11-16(2)10-12-6-4-5-9-18-12/h7-8,12H,3-6,9-11H2,1-2H3. The highest BCUT2D eigenvalue weighted by Gasteiger charge is 2.18. The molecule has 1 aliphatic heterocycles. The summed E-state index contributed by atoms with van der Waals surface area (Å²) in [5.74, 6) is 0.225. The average molecular weight is 281 g/mol. The Morgan fingerprint density at radius 2 is 2.32 bits per heavy atom. The first-order chi connectivity index (χ1) is 9.19. The Labute approximate surface area is 119 Å². The first-order valence-corrected chi connectivity index (χ1v) is 7.92. The van der Waals surface area contributed by atoms with Gasteiger partial charge in [0.25, 0.3) is 0 Å². The molecule has 4 heteroatoms. The van der Waals surface area contributed by atoms with E-state index in [0.717, 1.165) is 30.9 Å². The molecule has 1 aromatic heterocycles. The highest BCUT2D eigenvalue weighted by atomic mass is 32.1. The number of ether oxygens (including phenoxy) is 1. The molecule has 0 aliphatic carbocycles. The lowest BCUT2D eigenvalue weighted by molar-refractivity contribution is -0.000651. The number of carbonyl (C=O) groups is 1. The molecule has 0 aromatic carbocycles. The van der Waals surface area contributed by atoms with Gasteiger partial charge in [0.2, 0.25) is 0 Å². The van der Waals surface area contributed by atoms with E-state index in [1.54, 1.807) is 11.3 Å². The Morgan fingerprint density at radius 3 is 2.95 bits per heavy atom. The maximum atomic E-state index is 12.2. The number of thiophene rings is 1. The Morgan fingerprint density at radius 1 is 1.47 bits per heavy atom. The third kappa shape index (κ3) is 4.41. The van der Waals surface area contributed by atoms with Crippen molar-refractivity contribution in [2.75, 3.05) is 26.7 Å². The van der Waals surface area contributed by atoms with E-state index in [-0.39, 0.29) is 5.78 Å². The van der Waals surface area contributed by atoms with E-state index in [2.05, 4.69) is 17.9 Å². The summed E-state index contributed by atoms with van der Waals surface area (Å²) in [4.78, 5) is 16.4. The van der Waals surface area contributed by atoms with Crippen molar-refractivity contribution in [3.8, 4) is 0 Å². The number of hydrogen-bond donors (Lipinski definition) is 0. The number of likely N-dealkylation sites (N-methyl/N-ethyl adjacent to an activating group) is 1. The molecule has 1 atom stereocenters. The van der Waals surface area contributed by atoms with Gasteiger partial charge in [-0.3, -0.25) is 9.69 Å². The molecule has 0 N–H and O–H groups in total. The van der Waals surface area contributed by atoms with Crippen LogP contribution >= 0.6 is 11.3 Å². The molecule has 3 nitrogen and oxygen atoms in total. The topological polar surface area (TPSA) is 29.5 Å². The minimum atomic E-state index is 0.225. The minimum absolute atomic E-state index is 0.225. The van der Waals surface area contributed by atoms with E-state index in [0.29, 0.717) is 12.6 Å². The second-order valence-electron chi connectivity index (χ2n) is 5.23. The van der Waals surface area contributed by atoms with E-state index in [1.165, 1.54) is 17.7 Å². The van der Waals surface area contributed by atoms with Crippen LogP contribution in [0, 0.1) is 0 Å². The molecule has 0 radical (unpaired) electrons. The van der Waals surface area contributed by atoms with Gasteiger partial charge in [0.05, 0.1) is 17.5 Å². The SMILES string of the molecule is CCc1ccc(C(=O)CN(C)CC2CCCCO2)s1. The largest absolute Gasteiger partial charge is 0.377 e. The van der Waals surface area contributed by atoms with Crippen LogP contribution in [0.15, 0.2) is 12.1 Å². The number of Topliss-reactive ketones (excluding diaryl/α,β-unsaturated/α-hetero) is 1. The normalized spacial score (nSPS) is 19.8. The van der Waals surface area contributed by atoms with Gasteiger partial charge in [-0.1, -0.05) is 6.92 Å². The molecule has 0 bridgehead atoms. The van der Waals surface area contributed by atoms with E-state index >= 15 is 0 Å². The van der Waals surface area contributed by atoms with Crippen molar-refractivity contribution in [2.45, 2.75) is 38.7 Å². The molecule has 2 rings (SSSR count). The smallest absolute Gasteiger partial charge is 0.186 e. The third-order valence-electron chi connectivity index (χ3n) is 3.49. The summed E-state index contributed by atoms with van der Waals surface area (Å²) in [5, 5.41) is 0. The molecular formula is C15H23NO2S. The van der Waals surface area contributed by atoms with E-state index in [9.17, 15) is 4.79 Å². The molecule has 0 amide bonds. The first kappa shape index (κ1) is 14.7. The van der Waals surface area contributed by atoms with Crippen molar-refractivity contribution >= 4 is 17.1 Å². The van der Waals surface area contributed by atoms with Gasteiger partial charge in [-0.05, 0) is 44.9 Å². The predicted octanol–water partition coefficient (Wildman–Crippen LogP) is 2.99. The maximum Gasteiger partial charge on any atom is 0.186 e. The Hall–Kier alpha value is -0.710. The molecule has 1 fully saturated rings. The first-order valence-electron chi connectivity index (χ1n) is 7.11. The van der Waals surface area contributed by atoms with Crippen LogP contribution in [0.4, 0.5) is 0 Å². The summed E-state index contributed by atoms with van der Waals surface area (Å²) in [6, 6.07) is 4.01. The zero-order valence-electron chi connectivity index (χ0n) is 11.9. The van der Waals surface area contributed by atoms with Crippen LogP contribution in [0.25, 0.3) is 0 Å². The predicted molar refractivity (Wildman–Crippen MR) is 79.1 cm³/mol. The van der Waals surface area contributed by atoms with E-state index in [4.69, 9.17) is 4.74 Å². The van der Waals surface area contributed by atoms with Crippen molar-refractivity contribution in [3.05, 3.63) is 21.9 Å². The number of nitrogens with zero attached hydrogens (tertiary/aromatic N) is 1. The van der Waals surface area contributed by atoms with Gasteiger partial charge in [0.15, 0.2) is 5.78 Å². The summed E-state index contributed by atoms with van der Waals surface area (Å²) in [6.45, 7) is 4.34. The van der Waals surface area contributed by atoms with Gasteiger partial charge in [-0.15, -0.1) is 11.3 Å². The zero-order chi connectivity index (χ0) is 13.7. The lowest BCUT2D eigenvalue weighted by Gasteiger charge is -2.26. The van der Waals surface area contributed by atoms with Crippen molar-refractivity contribution < 1.29 is 9.53 Å². The summed E-state index contributed by atoms with van der Waals surface area (Å²) in [7, 11) is 2.00. The molecule has 19 heavy (non-hydrogen) atoms. The van der Waals surface area contributed by atoms with Gasteiger partial charge >= 0.3 is 0 Å². The van der Waals surface area contributed by atoms with E-state index in [1.807, 2.05) is 13.1 Å². The van der Waals surface area contributed by atoms with Crippen molar-refractivity contribution in [1.29, 1.82) is 0 Å². The molecule has 0 spiro atoms. The highest BCUT2D eigenvalue weighted by Crippen LogP contribution is 2.18. The molecule has 1 saturated heterocycles. The monoisotopic (exact) mass is 281 g/mol. The van der Waals surface area contributed by atoms with Gasteiger partial charge < -0.3 is 4.74 Å². The fourth-order valence-corrected chi connectivity index (χ4v) is 3.28. The van der Waals surface area contributed by atoms with Crippen LogP contribution in [-0.2, 0) is 11.2 Å². The zero-order valence-corrected chi connectivity index (χ0v) is 12.7. The molecular weight excluding hydrogens is 258 g/mol. The van der Waals surface area contributed by atoms with Gasteiger partial charge in [-0.2, -0.15) is 0 Å². The van der Waals surface area contributed by atoms with Gasteiger partial charge in [-0.25, -0.2) is 0 Å². The summed E-state index contributed by atoms with van der Waals surface area (Å²) < 4.78 is 5.71. The van der Waals surface area contributed by atoms with Crippen LogP contribution in [0.5, 0.6) is 0 Å². The molecule has 1 aliphatic rings. The lowest BCUT2D eigenvalue weighted by Crippen LogP contribution is -2.36. The van der Waals surface area contributed by atoms with Crippen LogP contribution in [-0.4, -0.2) is 43.5 Å². The summed E-state index contributed by atoms with van der Waals surface area (Å²) >= 11 is 1.62. The van der Waals surface area contributed by atoms with Gasteiger partial charge in [0, 0.05) is 18.0 Å². The number of rotatable bonds is 6. The Kier molecular flexibility index (Phi) is 5.55. The fraction of sp³-hybridized carbons (Fsp3) is 0.667. The molecule has 0 saturated carbocycles. The second-order valence-corrected chi connectivity index (χ2v) is 6.40. The van der Waals surface area contributed by atoms with E-state index < -0.39 is 0 Å². The third-order valence-corrected chi connectivity index (χ3v) is 4.76. The number of ketones is 1. The van der Waals surface area contributed by atoms with Crippen LogP contribution in [0.3, 0.4) is 0 Å². The number of hydrogen-bond acceptors (Lipinski definition) is 4. The highest BCUT2D eigenvalue weighted by molar-refractivity contribution is 7.14. The van der Waals surface area contributed by atoms with Crippen molar-refractivity contribution in [1.82, 2.24) is 4.90 Å². The lowest BCUT2D eigenvalue weighted by atomic mass is 10.1. The average Bonchev–Trinajstić information content (AvgIpc) is 2.88. The molecule has 1 unspecified atom stereocenters. The number of carbonyl (C=O) groups excluding carboxylic acids is 1. The van der Waals surface area contributed by atoms with Crippen LogP contribution in [0.2, 0.25) is 0 Å². The van der Waals surface area contributed by atoms with Crippen molar-refractivity contribution in [2.24, 2.45) is 0 Å².